The summed E-state index contributed by atoms with van der Waals surface area (Å²) in [6.07, 6.45) is 4.97. The Kier molecular flexibility index (Phi) is 4.31. The molecular formula is C14H14BrN6PS. The summed E-state index contributed by atoms with van der Waals surface area (Å²) < 4.78 is 0.720. The standard InChI is InChI=1S/C14H14BrN6PS/c1-22(2,23)12-10(4-3-9-11(12)18-6-5-17-9)20-13-8(15)7-19-14(16)21-13/h3-7H,1-2H3,(H3,16,19,20,21). The number of benzene rings is 1. The van der Waals surface area contributed by atoms with Crippen molar-refractivity contribution >= 4 is 67.6 Å². The number of nitrogen functional groups attached to an aromatic ring is 1. The molecule has 2 aromatic heterocycles. The molecule has 118 valence electrons. The molecule has 0 unspecified atom stereocenters. The van der Waals surface area contributed by atoms with E-state index in [0.29, 0.717) is 5.82 Å². The molecule has 0 fully saturated rings. The summed E-state index contributed by atoms with van der Waals surface area (Å²) in [5.41, 5.74) is 8.19. The number of nitrogens with two attached hydrogens (primary N) is 1. The molecule has 9 heteroatoms. The van der Waals surface area contributed by atoms with Crippen LogP contribution in [0.5, 0.6) is 0 Å². The van der Waals surface area contributed by atoms with E-state index in [1.54, 1.807) is 18.6 Å². The fraction of sp³-hybridized carbons (Fsp3) is 0.143. The van der Waals surface area contributed by atoms with Crippen molar-refractivity contribution in [2.45, 2.75) is 0 Å². The van der Waals surface area contributed by atoms with E-state index >= 15 is 0 Å². The maximum Gasteiger partial charge on any atom is 0.222 e. The van der Waals surface area contributed by atoms with Gasteiger partial charge in [-0.3, -0.25) is 9.97 Å². The van der Waals surface area contributed by atoms with Crippen LogP contribution in [0, 0.1) is 0 Å². The highest BCUT2D eigenvalue weighted by Crippen LogP contribution is 2.41. The zero-order valence-corrected chi connectivity index (χ0v) is 15.8. The van der Waals surface area contributed by atoms with Crippen LogP contribution in [0.2, 0.25) is 0 Å². The number of fused-ring (bicyclic) bond motifs is 1. The minimum Gasteiger partial charge on any atom is -0.368 e. The van der Waals surface area contributed by atoms with Gasteiger partial charge in [-0.1, -0.05) is 11.8 Å². The lowest BCUT2D eigenvalue weighted by molar-refractivity contribution is 1.17. The van der Waals surface area contributed by atoms with Gasteiger partial charge in [-0.2, -0.15) is 4.98 Å². The number of halogens is 1. The van der Waals surface area contributed by atoms with Gasteiger partial charge in [-0.15, -0.1) is 0 Å². The molecule has 23 heavy (non-hydrogen) atoms. The van der Waals surface area contributed by atoms with Crippen LogP contribution in [0.4, 0.5) is 17.5 Å². The first-order valence-corrected chi connectivity index (χ1v) is 11.2. The Labute approximate surface area is 147 Å². The lowest BCUT2D eigenvalue weighted by atomic mass is 10.2. The van der Waals surface area contributed by atoms with Gasteiger partial charge in [-0.25, -0.2) is 4.98 Å². The number of nitrogens with one attached hydrogen (secondary N) is 1. The summed E-state index contributed by atoms with van der Waals surface area (Å²) in [4.78, 5) is 17.0. The molecule has 0 saturated heterocycles. The van der Waals surface area contributed by atoms with Gasteiger partial charge in [0.2, 0.25) is 5.95 Å². The first kappa shape index (κ1) is 16.2. The molecule has 0 atom stereocenters. The average Bonchev–Trinajstić information content (AvgIpc) is 2.49. The number of nitrogens with zero attached hydrogens (tertiary/aromatic N) is 4. The van der Waals surface area contributed by atoms with Crippen LogP contribution in [-0.2, 0) is 11.8 Å². The van der Waals surface area contributed by atoms with Crippen molar-refractivity contribution < 1.29 is 0 Å². The molecular weight excluding hydrogens is 395 g/mol. The van der Waals surface area contributed by atoms with Gasteiger partial charge in [0.25, 0.3) is 0 Å². The normalized spacial score (nSPS) is 11.6. The molecule has 0 amide bonds. The van der Waals surface area contributed by atoms with Crippen molar-refractivity contribution in [3.63, 3.8) is 0 Å². The number of hydrogen-bond donors (Lipinski definition) is 2. The van der Waals surface area contributed by atoms with Gasteiger partial charge in [-0.05, 0) is 47.4 Å². The van der Waals surface area contributed by atoms with Gasteiger partial charge < -0.3 is 11.1 Å². The maximum absolute atomic E-state index is 5.78. The maximum atomic E-state index is 5.78. The molecule has 3 aromatic rings. The zero-order chi connectivity index (χ0) is 16.6. The lowest BCUT2D eigenvalue weighted by Gasteiger charge is -2.19. The summed E-state index contributed by atoms with van der Waals surface area (Å²) in [5, 5.41) is 4.30. The first-order chi connectivity index (χ1) is 10.9. The Morgan fingerprint density at radius 2 is 1.91 bits per heavy atom. The predicted octanol–water partition coefficient (Wildman–Crippen LogP) is 2.87. The van der Waals surface area contributed by atoms with E-state index in [4.69, 9.17) is 17.5 Å². The molecule has 3 rings (SSSR count). The summed E-state index contributed by atoms with van der Waals surface area (Å²) in [6, 6.07) is 2.08. The van der Waals surface area contributed by atoms with Crippen molar-refractivity contribution in [2.75, 3.05) is 24.4 Å². The molecule has 0 aliphatic carbocycles. The Bertz CT molecular complexity index is 942. The fourth-order valence-electron chi connectivity index (χ4n) is 2.26. The van der Waals surface area contributed by atoms with E-state index in [1.807, 2.05) is 12.1 Å². The van der Waals surface area contributed by atoms with Crippen LogP contribution >= 0.6 is 22.0 Å². The van der Waals surface area contributed by atoms with E-state index in [2.05, 4.69) is 54.5 Å². The van der Waals surface area contributed by atoms with Crippen LogP contribution in [-0.4, -0.2) is 33.3 Å². The molecule has 0 saturated carbocycles. The highest BCUT2D eigenvalue weighted by Gasteiger charge is 2.19. The van der Waals surface area contributed by atoms with Crippen molar-refractivity contribution in [3.05, 3.63) is 35.2 Å². The molecule has 6 nitrogen and oxygen atoms in total. The quantitative estimate of drug-likeness (QED) is 0.643. The molecule has 0 spiro atoms. The molecule has 1 aromatic carbocycles. The van der Waals surface area contributed by atoms with E-state index in [1.165, 1.54) is 0 Å². The monoisotopic (exact) mass is 408 g/mol. The third kappa shape index (κ3) is 3.34. The average molecular weight is 409 g/mol. The SMILES string of the molecule is CP(C)(=S)c1c(Nc2nc(N)ncc2Br)ccc2nccnc12. The highest BCUT2D eigenvalue weighted by atomic mass is 79.9. The Hall–Kier alpha value is -1.63. The van der Waals surface area contributed by atoms with Gasteiger partial charge in [0, 0.05) is 23.9 Å². The van der Waals surface area contributed by atoms with E-state index in [9.17, 15) is 0 Å². The van der Waals surface area contributed by atoms with Crippen LogP contribution in [0.25, 0.3) is 11.0 Å². The summed E-state index contributed by atoms with van der Waals surface area (Å²) >= 11 is 9.20. The second-order valence-electron chi connectivity index (χ2n) is 5.29. The summed E-state index contributed by atoms with van der Waals surface area (Å²) in [7, 11) is 0. The third-order valence-electron chi connectivity index (χ3n) is 3.17. The second kappa shape index (κ2) is 6.11. The Morgan fingerprint density at radius 1 is 1.17 bits per heavy atom. The largest absolute Gasteiger partial charge is 0.368 e. The zero-order valence-electron chi connectivity index (χ0n) is 12.5. The van der Waals surface area contributed by atoms with Gasteiger partial charge in [0.05, 0.1) is 21.2 Å². The van der Waals surface area contributed by atoms with Crippen LogP contribution < -0.4 is 16.4 Å². The summed E-state index contributed by atoms with van der Waals surface area (Å²) in [6.45, 7) is 4.14. The van der Waals surface area contributed by atoms with E-state index < -0.39 is 6.04 Å². The minimum atomic E-state index is -1.79. The van der Waals surface area contributed by atoms with Crippen LogP contribution in [0.3, 0.4) is 0 Å². The second-order valence-corrected chi connectivity index (χ2v) is 12.0. The number of hydrogen-bond acceptors (Lipinski definition) is 7. The first-order valence-electron chi connectivity index (χ1n) is 6.70. The smallest absolute Gasteiger partial charge is 0.222 e. The molecule has 0 aliphatic rings. The third-order valence-corrected chi connectivity index (χ3v) is 5.83. The molecule has 0 bridgehead atoms. The molecule has 0 radical (unpaired) electrons. The number of rotatable bonds is 3. The van der Waals surface area contributed by atoms with Crippen LogP contribution in [0.1, 0.15) is 0 Å². The highest BCUT2D eigenvalue weighted by molar-refractivity contribution is 9.10. The lowest BCUT2D eigenvalue weighted by Crippen LogP contribution is -2.13. The van der Waals surface area contributed by atoms with E-state index in [0.717, 1.165) is 26.5 Å². The van der Waals surface area contributed by atoms with Crippen molar-refractivity contribution in [1.29, 1.82) is 0 Å². The predicted molar refractivity (Wildman–Crippen MR) is 103 cm³/mol. The van der Waals surface area contributed by atoms with Crippen LogP contribution in [0.15, 0.2) is 35.2 Å². The van der Waals surface area contributed by atoms with Crippen molar-refractivity contribution in [2.24, 2.45) is 0 Å². The molecule has 3 N–H and O–H groups in total. The Balaban J connectivity index is 2.21. The van der Waals surface area contributed by atoms with Gasteiger partial charge in [0.1, 0.15) is 5.82 Å². The van der Waals surface area contributed by atoms with Gasteiger partial charge >= 0.3 is 0 Å². The number of anilines is 3. The topological polar surface area (TPSA) is 89.6 Å². The Morgan fingerprint density at radius 3 is 2.65 bits per heavy atom. The van der Waals surface area contributed by atoms with E-state index in [-0.39, 0.29) is 5.95 Å². The number of aromatic nitrogens is 4. The minimum absolute atomic E-state index is 0.199. The van der Waals surface area contributed by atoms with Crippen molar-refractivity contribution in [3.8, 4) is 0 Å². The van der Waals surface area contributed by atoms with Crippen molar-refractivity contribution in [1.82, 2.24) is 19.9 Å². The molecule has 2 heterocycles. The fourth-order valence-corrected chi connectivity index (χ4v) is 4.50. The van der Waals surface area contributed by atoms with Gasteiger partial charge in [0.15, 0.2) is 0 Å². The molecule has 0 aliphatic heterocycles. The summed E-state index contributed by atoms with van der Waals surface area (Å²) in [5.74, 6) is 0.788.